The normalized spacial score (nSPS) is 12.5. The van der Waals surface area contributed by atoms with Crippen molar-refractivity contribution in [1.29, 1.82) is 0 Å². The first-order valence-corrected chi connectivity index (χ1v) is 14.2. The maximum atomic E-state index is 13.8. The van der Waals surface area contributed by atoms with E-state index in [4.69, 9.17) is 21.1 Å². The van der Waals surface area contributed by atoms with Crippen LogP contribution in [0.2, 0.25) is 5.02 Å². The molecule has 1 aliphatic heterocycles. The van der Waals surface area contributed by atoms with Crippen LogP contribution < -0.4 is 14.8 Å². The van der Waals surface area contributed by atoms with Crippen molar-refractivity contribution < 1.29 is 24.2 Å². The second-order valence-corrected chi connectivity index (χ2v) is 10.9. The maximum Gasteiger partial charge on any atom is 0.335 e. The number of carboxylic acids is 1. The third-order valence-corrected chi connectivity index (χ3v) is 7.86. The molecule has 0 aromatic heterocycles. The molecular formula is C36H28ClNO5. The zero-order valence-electron chi connectivity index (χ0n) is 23.3. The zero-order valence-corrected chi connectivity index (χ0v) is 24.1. The molecule has 0 spiro atoms. The monoisotopic (exact) mass is 589 g/mol. The van der Waals surface area contributed by atoms with Crippen molar-refractivity contribution >= 4 is 29.2 Å². The van der Waals surface area contributed by atoms with Crippen molar-refractivity contribution in [1.82, 2.24) is 0 Å². The Morgan fingerprint density at radius 1 is 0.791 bits per heavy atom. The first-order valence-electron chi connectivity index (χ1n) is 13.8. The summed E-state index contributed by atoms with van der Waals surface area (Å²) in [6.07, 6.45) is 0.400. The van der Waals surface area contributed by atoms with E-state index in [9.17, 15) is 14.7 Å². The molecule has 5 aromatic rings. The van der Waals surface area contributed by atoms with Gasteiger partial charge in [0.05, 0.1) is 11.5 Å². The van der Waals surface area contributed by atoms with Crippen LogP contribution in [0.5, 0.6) is 11.5 Å². The van der Waals surface area contributed by atoms with E-state index in [1.54, 1.807) is 24.3 Å². The summed E-state index contributed by atoms with van der Waals surface area (Å²) >= 11 is 6.12. The van der Waals surface area contributed by atoms with E-state index in [1.165, 1.54) is 0 Å². The number of hydrogen-bond acceptors (Lipinski definition) is 4. The van der Waals surface area contributed by atoms with Crippen molar-refractivity contribution in [3.8, 4) is 33.8 Å². The molecule has 43 heavy (non-hydrogen) atoms. The number of fused-ring (bicyclic) bond motifs is 1. The zero-order chi connectivity index (χ0) is 29.9. The number of halogens is 1. The van der Waals surface area contributed by atoms with Gasteiger partial charge in [0.25, 0.3) is 0 Å². The number of aryl methyl sites for hydroxylation is 1. The fourth-order valence-corrected chi connectivity index (χ4v) is 5.51. The minimum atomic E-state index is -0.989. The summed E-state index contributed by atoms with van der Waals surface area (Å²) in [5.74, 6) is -0.228. The van der Waals surface area contributed by atoms with Gasteiger partial charge in [-0.3, -0.25) is 4.79 Å². The molecule has 5 aromatic carbocycles. The highest BCUT2D eigenvalue weighted by Crippen LogP contribution is 2.36. The molecule has 0 fully saturated rings. The molecule has 2 N–H and O–H groups in total. The molecular weight excluding hydrogens is 562 g/mol. The molecule has 7 heteroatoms. The Bertz CT molecular complexity index is 1800. The van der Waals surface area contributed by atoms with E-state index < -0.39 is 11.9 Å². The van der Waals surface area contributed by atoms with Gasteiger partial charge < -0.3 is 19.9 Å². The number of aromatic carboxylic acids is 1. The van der Waals surface area contributed by atoms with E-state index in [0.29, 0.717) is 22.9 Å². The number of hydrogen-bond donors (Lipinski definition) is 2. The topological polar surface area (TPSA) is 84.9 Å². The maximum absolute atomic E-state index is 13.8. The third kappa shape index (κ3) is 6.25. The van der Waals surface area contributed by atoms with Crippen LogP contribution in [0.25, 0.3) is 22.3 Å². The van der Waals surface area contributed by atoms with E-state index in [2.05, 4.69) is 5.32 Å². The summed E-state index contributed by atoms with van der Waals surface area (Å²) in [7, 11) is 0. The molecule has 1 amide bonds. The number of ether oxygens (including phenoxy) is 2. The number of carbonyl (C=O) groups excluding carboxylic acids is 1. The minimum Gasteiger partial charge on any atom is -0.478 e. The summed E-state index contributed by atoms with van der Waals surface area (Å²) in [6.45, 7) is 2.23. The lowest BCUT2D eigenvalue weighted by atomic mass is 9.89. The van der Waals surface area contributed by atoms with Crippen molar-refractivity contribution in [2.75, 3.05) is 12.1 Å². The second kappa shape index (κ2) is 12.0. The Morgan fingerprint density at radius 3 is 2.16 bits per heavy atom. The van der Waals surface area contributed by atoms with Gasteiger partial charge in [0.1, 0.15) is 0 Å². The van der Waals surface area contributed by atoms with Gasteiger partial charge in [-0.05, 0) is 101 Å². The lowest BCUT2D eigenvalue weighted by Gasteiger charge is -2.19. The average Bonchev–Trinajstić information content (AvgIpc) is 3.49. The predicted molar refractivity (Wildman–Crippen MR) is 168 cm³/mol. The average molecular weight is 590 g/mol. The number of carbonyl (C=O) groups is 2. The number of amides is 1. The van der Waals surface area contributed by atoms with Crippen LogP contribution in [0.1, 0.15) is 33.0 Å². The Kier molecular flexibility index (Phi) is 7.86. The van der Waals surface area contributed by atoms with E-state index in [-0.39, 0.29) is 18.3 Å². The van der Waals surface area contributed by atoms with Crippen LogP contribution >= 0.6 is 11.6 Å². The van der Waals surface area contributed by atoms with Crippen molar-refractivity contribution in [2.24, 2.45) is 0 Å². The third-order valence-electron chi connectivity index (χ3n) is 7.63. The van der Waals surface area contributed by atoms with Gasteiger partial charge >= 0.3 is 5.97 Å². The highest BCUT2D eigenvalue weighted by atomic mass is 35.5. The molecule has 214 valence electrons. The summed E-state index contributed by atoms with van der Waals surface area (Å²) < 4.78 is 11.0. The quantitative estimate of drug-likeness (QED) is 0.190. The van der Waals surface area contributed by atoms with Crippen molar-refractivity contribution in [3.05, 3.63) is 136 Å². The summed E-state index contributed by atoms with van der Waals surface area (Å²) in [4.78, 5) is 25.1. The Morgan fingerprint density at radius 2 is 1.47 bits per heavy atom. The molecule has 0 bridgehead atoms. The van der Waals surface area contributed by atoms with E-state index in [0.717, 1.165) is 44.7 Å². The highest BCUT2D eigenvalue weighted by molar-refractivity contribution is 6.30. The van der Waals surface area contributed by atoms with Gasteiger partial charge in [0.2, 0.25) is 12.7 Å². The van der Waals surface area contributed by atoms with Crippen LogP contribution in [0.3, 0.4) is 0 Å². The van der Waals surface area contributed by atoms with Gasteiger partial charge in [-0.15, -0.1) is 0 Å². The standard InChI is InChI=1S/C36H28ClNO5/c1-22-18-29(37)13-16-31(22)25-10-14-30(15-11-25)38-35(39)32(19-23-2-4-27(5-3-23)36(40)41)26-8-6-24(7-9-26)28-12-17-33-34(20-28)43-21-42-33/h2-18,20,32H,19,21H2,1H3,(H,38,39)(H,40,41). The van der Waals surface area contributed by atoms with Crippen LogP contribution in [-0.4, -0.2) is 23.8 Å². The van der Waals surface area contributed by atoms with Gasteiger partial charge in [-0.25, -0.2) is 4.79 Å². The van der Waals surface area contributed by atoms with Gasteiger partial charge in [-0.1, -0.05) is 72.3 Å². The summed E-state index contributed by atoms with van der Waals surface area (Å²) in [5.41, 5.74) is 7.74. The Labute approximate surface area is 254 Å². The fraction of sp³-hybridized carbons (Fsp3) is 0.111. The summed E-state index contributed by atoms with van der Waals surface area (Å²) in [5, 5.41) is 13.1. The number of carboxylic acid groups (broad SMARTS) is 1. The molecule has 6 nitrogen and oxygen atoms in total. The molecule has 1 aliphatic rings. The Hall–Kier alpha value is -5.07. The van der Waals surface area contributed by atoms with Crippen molar-refractivity contribution in [3.63, 3.8) is 0 Å². The van der Waals surface area contributed by atoms with Crippen LogP contribution in [0.4, 0.5) is 5.69 Å². The SMILES string of the molecule is Cc1cc(Cl)ccc1-c1ccc(NC(=O)C(Cc2ccc(C(=O)O)cc2)c2ccc(-c3ccc4c(c3)OCO4)cc2)cc1. The first kappa shape index (κ1) is 28.1. The van der Waals surface area contributed by atoms with Crippen LogP contribution in [0.15, 0.2) is 109 Å². The fourth-order valence-electron chi connectivity index (χ4n) is 5.28. The number of nitrogens with one attached hydrogen (secondary N) is 1. The molecule has 0 aliphatic carbocycles. The molecule has 0 radical (unpaired) electrons. The first-order chi connectivity index (χ1) is 20.8. The predicted octanol–water partition coefficient (Wildman–Crippen LogP) is 8.37. The molecule has 0 saturated carbocycles. The number of rotatable bonds is 8. The number of anilines is 1. The Balaban J connectivity index is 1.25. The van der Waals surface area contributed by atoms with Gasteiger partial charge in [-0.2, -0.15) is 0 Å². The second-order valence-electron chi connectivity index (χ2n) is 10.5. The lowest BCUT2D eigenvalue weighted by Crippen LogP contribution is -2.23. The molecule has 1 atom stereocenters. The smallest absolute Gasteiger partial charge is 0.335 e. The number of benzene rings is 5. The van der Waals surface area contributed by atoms with Gasteiger partial charge in [0.15, 0.2) is 11.5 Å². The van der Waals surface area contributed by atoms with Crippen molar-refractivity contribution in [2.45, 2.75) is 19.3 Å². The van der Waals surface area contributed by atoms with Gasteiger partial charge in [0, 0.05) is 10.7 Å². The summed E-state index contributed by atoms with van der Waals surface area (Å²) in [6, 6.07) is 33.9. The highest BCUT2D eigenvalue weighted by Gasteiger charge is 2.22. The van der Waals surface area contributed by atoms with E-state index in [1.807, 2.05) is 91.9 Å². The lowest BCUT2D eigenvalue weighted by molar-refractivity contribution is -0.117. The minimum absolute atomic E-state index is 0.159. The van der Waals surface area contributed by atoms with Crippen LogP contribution in [0, 0.1) is 6.92 Å². The molecule has 1 heterocycles. The molecule has 6 rings (SSSR count). The van der Waals surface area contributed by atoms with Crippen LogP contribution in [-0.2, 0) is 11.2 Å². The van der Waals surface area contributed by atoms with E-state index >= 15 is 0 Å². The molecule has 0 saturated heterocycles. The largest absolute Gasteiger partial charge is 0.478 e. The molecule has 1 unspecified atom stereocenters.